The fraction of sp³-hybridized carbons (Fsp3) is 0.667. The lowest BCUT2D eigenvalue weighted by atomic mass is 10.2. The Hall–Kier alpha value is -2.09. The van der Waals surface area contributed by atoms with E-state index in [1.165, 1.54) is 13.4 Å². The van der Waals surface area contributed by atoms with E-state index in [1.54, 1.807) is 4.90 Å². The van der Waals surface area contributed by atoms with E-state index in [1.807, 2.05) is 20.8 Å². The molecule has 2 heterocycles. The van der Waals surface area contributed by atoms with Gasteiger partial charge in [0.15, 0.2) is 5.69 Å². The number of oxazole rings is 1. The van der Waals surface area contributed by atoms with Gasteiger partial charge in [-0.15, -0.1) is 0 Å². The van der Waals surface area contributed by atoms with Gasteiger partial charge < -0.3 is 18.8 Å². The zero-order valence-corrected chi connectivity index (χ0v) is 14.0. The fourth-order valence-electron chi connectivity index (χ4n) is 2.19. The molecule has 128 valence electrons. The molecule has 0 unspecified atom stereocenters. The van der Waals surface area contributed by atoms with Gasteiger partial charge in [-0.2, -0.15) is 0 Å². The molecule has 1 fully saturated rings. The first-order chi connectivity index (χ1) is 10.8. The number of esters is 1. The van der Waals surface area contributed by atoms with Gasteiger partial charge in [-0.1, -0.05) is 0 Å². The molecule has 1 aromatic rings. The maximum absolute atomic E-state index is 12.0. The molecule has 1 saturated heterocycles. The minimum atomic E-state index is -0.519. The number of rotatable bonds is 3. The third kappa shape index (κ3) is 4.95. The van der Waals surface area contributed by atoms with Crippen LogP contribution in [0, 0.1) is 0 Å². The molecular weight excluding hydrogens is 302 g/mol. The van der Waals surface area contributed by atoms with Crippen LogP contribution in [0.25, 0.3) is 0 Å². The van der Waals surface area contributed by atoms with Crippen LogP contribution in [0.4, 0.5) is 4.79 Å². The summed E-state index contributed by atoms with van der Waals surface area (Å²) in [5.41, 5.74) is -0.328. The number of amides is 1. The molecule has 0 aliphatic carbocycles. The van der Waals surface area contributed by atoms with E-state index in [-0.39, 0.29) is 11.8 Å². The highest BCUT2D eigenvalue weighted by atomic mass is 16.6. The molecule has 8 heteroatoms. The second-order valence-electron chi connectivity index (χ2n) is 6.36. The summed E-state index contributed by atoms with van der Waals surface area (Å²) < 4.78 is 15.2. The first-order valence-corrected chi connectivity index (χ1v) is 7.51. The Bertz CT molecular complexity index is 556. The first-order valence-electron chi connectivity index (χ1n) is 7.51. The molecule has 0 spiro atoms. The van der Waals surface area contributed by atoms with Crippen LogP contribution >= 0.6 is 0 Å². The Morgan fingerprint density at radius 2 is 1.91 bits per heavy atom. The van der Waals surface area contributed by atoms with Crippen molar-refractivity contribution in [3.05, 3.63) is 17.8 Å². The number of carbonyl (C=O) groups excluding carboxylic acids is 2. The summed E-state index contributed by atoms with van der Waals surface area (Å²) in [7, 11) is 1.30. The maximum atomic E-state index is 12.0. The fourth-order valence-corrected chi connectivity index (χ4v) is 2.19. The summed E-state index contributed by atoms with van der Waals surface area (Å²) in [6.07, 6.45) is 0.999. The molecule has 2 rings (SSSR count). The third-order valence-electron chi connectivity index (χ3n) is 3.33. The molecule has 1 aliphatic heterocycles. The van der Waals surface area contributed by atoms with Crippen molar-refractivity contribution in [1.29, 1.82) is 0 Å². The monoisotopic (exact) mass is 325 g/mol. The molecule has 23 heavy (non-hydrogen) atoms. The van der Waals surface area contributed by atoms with Crippen molar-refractivity contribution in [1.82, 2.24) is 14.8 Å². The predicted octanol–water partition coefficient (Wildman–Crippen LogP) is 1.51. The van der Waals surface area contributed by atoms with Crippen molar-refractivity contribution in [3.8, 4) is 0 Å². The van der Waals surface area contributed by atoms with Crippen LogP contribution in [0.15, 0.2) is 10.7 Å². The van der Waals surface area contributed by atoms with E-state index in [2.05, 4.69) is 14.6 Å². The van der Waals surface area contributed by atoms with Gasteiger partial charge in [0, 0.05) is 26.2 Å². The lowest BCUT2D eigenvalue weighted by molar-refractivity contribution is 0.0133. The summed E-state index contributed by atoms with van der Waals surface area (Å²) in [5.74, 6) is -0.0640. The van der Waals surface area contributed by atoms with Gasteiger partial charge in [-0.25, -0.2) is 14.6 Å². The van der Waals surface area contributed by atoms with Crippen molar-refractivity contribution < 1.29 is 23.5 Å². The Morgan fingerprint density at radius 3 is 2.48 bits per heavy atom. The van der Waals surface area contributed by atoms with Crippen LogP contribution in [-0.2, 0) is 16.0 Å². The van der Waals surface area contributed by atoms with Crippen LogP contribution in [-0.4, -0.2) is 65.7 Å². The lowest BCUT2D eigenvalue weighted by Crippen LogP contribution is -2.49. The highest BCUT2D eigenvalue weighted by Crippen LogP contribution is 2.13. The standard InChI is InChI=1S/C15H23N3O5/c1-15(2,3)23-14(20)18-7-5-17(6-8-18)9-12-16-11(10-22-12)13(19)21-4/h10H,5-9H2,1-4H3. The van der Waals surface area contributed by atoms with E-state index < -0.39 is 11.6 Å². The molecule has 8 nitrogen and oxygen atoms in total. The average Bonchev–Trinajstić information content (AvgIpc) is 2.94. The van der Waals surface area contributed by atoms with Gasteiger partial charge in [0.25, 0.3) is 0 Å². The van der Waals surface area contributed by atoms with Gasteiger partial charge >= 0.3 is 12.1 Å². The maximum Gasteiger partial charge on any atom is 0.410 e. The molecule has 0 radical (unpaired) electrons. The SMILES string of the molecule is COC(=O)c1coc(CN2CCN(C(=O)OC(C)(C)C)CC2)n1. The third-order valence-corrected chi connectivity index (χ3v) is 3.33. The summed E-state index contributed by atoms with van der Waals surface area (Å²) in [6.45, 7) is 8.58. The minimum absolute atomic E-state index is 0.162. The quantitative estimate of drug-likeness (QED) is 0.779. The van der Waals surface area contributed by atoms with E-state index in [0.717, 1.165) is 0 Å². The Labute approximate surface area is 135 Å². The molecule has 0 saturated carbocycles. The van der Waals surface area contributed by atoms with Crippen LogP contribution in [0.3, 0.4) is 0 Å². The molecule has 1 aliphatic rings. The number of carbonyl (C=O) groups is 2. The van der Waals surface area contributed by atoms with Crippen molar-refractivity contribution in [3.63, 3.8) is 0 Å². The number of ether oxygens (including phenoxy) is 2. The Kier molecular flexibility index (Phi) is 5.25. The predicted molar refractivity (Wildman–Crippen MR) is 80.9 cm³/mol. The normalized spacial score (nSPS) is 16.3. The minimum Gasteiger partial charge on any atom is -0.464 e. The zero-order valence-electron chi connectivity index (χ0n) is 14.0. The van der Waals surface area contributed by atoms with E-state index in [0.29, 0.717) is 38.6 Å². The van der Waals surface area contributed by atoms with Crippen molar-refractivity contribution in [2.45, 2.75) is 32.9 Å². The number of methoxy groups -OCH3 is 1. The lowest BCUT2D eigenvalue weighted by Gasteiger charge is -2.35. The largest absolute Gasteiger partial charge is 0.464 e. The van der Waals surface area contributed by atoms with Crippen molar-refractivity contribution in [2.24, 2.45) is 0 Å². The average molecular weight is 325 g/mol. The zero-order chi connectivity index (χ0) is 17.0. The second-order valence-corrected chi connectivity index (χ2v) is 6.36. The number of aromatic nitrogens is 1. The van der Waals surface area contributed by atoms with E-state index >= 15 is 0 Å². The summed E-state index contributed by atoms with van der Waals surface area (Å²) in [5, 5.41) is 0. The highest BCUT2D eigenvalue weighted by molar-refractivity contribution is 5.86. The first kappa shape index (κ1) is 17.3. The number of hydrogen-bond donors (Lipinski definition) is 0. The molecule has 0 atom stereocenters. The molecule has 1 amide bonds. The van der Waals surface area contributed by atoms with Crippen molar-refractivity contribution >= 4 is 12.1 Å². The van der Waals surface area contributed by atoms with Gasteiger partial charge in [0.1, 0.15) is 11.9 Å². The van der Waals surface area contributed by atoms with Gasteiger partial charge in [-0.05, 0) is 20.8 Å². The van der Waals surface area contributed by atoms with Crippen molar-refractivity contribution in [2.75, 3.05) is 33.3 Å². The number of piperazine rings is 1. The number of nitrogens with zero attached hydrogens (tertiary/aromatic N) is 3. The van der Waals surface area contributed by atoms with Crippen LogP contribution in [0.2, 0.25) is 0 Å². The molecular formula is C15H23N3O5. The molecule has 0 bridgehead atoms. The Morgan fingerprint density at radius 1 is 1.26 bits per heavy atom. The second kappa shape index (κ2) is 6.99. The van der Waals surface area contributed by atoms with Crippen LogP contribution in [0.5, 0.6) is 0 Å². The van der Waals surface area contributed by atoms with E-state index in [9.17, 15) is 9.59 Å². The number of hydrogen-bond acceptors (Lipinski definition) is 7. The smallest absolute Gasteiger partial charge is 0.410 e. The molecule has 0 N–H and O–H groups in total. The van der Waals surface area contributed by atoms with Crippen LogP contribution in [0.1, 0.15) is 37.2 Å². The summed E-state index contributed by atoms with van der Waals surface area (Å²) in [6, 6.07) is 0. The highest BCUT2D eigenvalue weighted by Gasteiger charge is 2.26. The molecule has 1 aromatic heterocycles. The Balaban J connectivity index is 1.82. The topological polar surface area (TPSA) is 85.1 Å². The van der Waals surface area contributed by atoms with Gasteiger partial charge in [0.2, 0.25) is 5.89 Å². The van der Waals surface area contributed by atoms with E-state index in [4.69, 9.17) is 9.15 Å². The summed E-state index contributed by atoms with van der Waals surface area (Å²) >= 11 is 0. The van der Waals surface area contributed by atoms with Gasteiger partial charge in [0.05, 0.1) is 13.7 Å². The van der Waals surface area contributed by atoms with Gasteiger partial charge in [-0.3, -0.25) is 4.90 Å². The van der Waals surface area contributed by atoms with Crippen LogP contribution < -0.4 is 0 Å². The summed E-state index contributed by atoms with van der Waals surface area (Å²) in [4.78, 5) is 31.2. The molecule has 0 aromatic carbocycles.